The first-order valence-electron chi connectivity index (χ1n) is 6.46. The van der Waals surface area contributed by atoms with Crippen LogP contribution in [0, 0.1) is 0 Å². The normalized spacial score (nSPS) is 13.1. The summed E-state index contributed by atoms with van der Waals surface area (Å²) >= 11 is 0. The van der Waals surface area contributed by atoms with Crippen molar-refractivity contribution in [2.45, 2.75) is 18.6 Å². The standard InChI is InChI=1S/C16H19NO3.ClH/c1-20-12-7-8-13(14(18)10-12)16(17)15(19)9-11-5-3-2-4-6-11;/h2-8,10,15-16,18-19H,9,17H2,1H3;1H/t15-,16+;/m0./s1. The average molecular weight is 310 g/mol. The lowest BCUT2D eigenvalue weighted by atomic mass is 9.96. The molecule has 2 atom stereocenters. The van der Waals surface area contributed by atoms with Crippen LogP contribution in [0.2, 0.25) is 0 Å². The smallest absolute Gasteiger partial charge is 0.124 e. The van der Waals surface area contributed by atoms with E-state index < -0.39 is 12.1 Å². The molecule has 4 nitrogen and oxygen atoms in total. The molecule has 4 N–H and O–H groups in total. The minimum absolute atomic E-state index is 0. The lowest BCUT2D eigenvalue weighted by Gasteiger charge is -2.20. The summed E-state index contributed by atoms with van der Waals surface area (Å²) in [6.45, 7) is 0. The molecule has 0 heterocycles. The molecule has 2 aromatic carbocycles. The Morgan fingerprint density at radius 1 is 1.14 bits per heavy atom. The summed E-state index contributed by atoms with van der Waals surface area (Å²) < 4.78 is 5.02. The Hall–Kier alpha value is -1.75. The molecule has 0 bridgehead atoms. The van der Waals surface area contributed by atoms with Crippen molar-refractivity contribution in [3.8, 4) is 11.5 Å². The first-order chi connectivity index (χ1) is 9.61. The SMILES string of the molecule is COc1ccc([C@@H](N)[C@@H](O)Cc2ccccc2)c(O)c1.Cl. The average Bonchev–Trinajstić information content (AvgIpc) is 2.47. The van der Waals surface area contributed by atoms with Gasteiger partial charge in [0.05, 0.1) is 19.3 Å². The maximum absolute atomic E-state index is 10.2. The largest absolute Gasteiger partial charge is 0.507 e. The summed E-state index contributed by atoms with van der Waals surface area (Å²) in [5.41, 5.74) is 7.54. The highest BCUT2D eigenvalue weighted by Crippen LogP contribution is 2.29. The maximum atomic E-state index is 10.2. The van der Waals surface area contributed by atoms with E-state index >= 15 is 0 Å². The lowest BCUT2D eigenvalue weighted by Crippen LogP contribution is -2.28. The van der Waals surface area contributed by atoms with Gasteiger partial charge in [-0.1, -0.05) is 30.3 Å². The Morgan fingerprint density at radius 2 is 1.81 bits per heavy atom. The first kappa shape index (κ1) is 17.3. The molecule has 0 radical (unpaired) electrons. The monoisotopic (exact) mass is 309 g/mol. The highest BCUT2D eigenvalue weighted by atomic mass is 35.5. The number of phenolic OH excluding ortho intramolecular Hbond substituents is 1. The molecule has 0 aliphatic rings. The topological polar surface area (TPSA) is 75.7 Å². The maximum Gasteiger partial charge on any atom is 0.124 e. The second-order valence-electron chi connectivity index (χ2n) is 4.71. The van der Waals surface area contributed by atoms with Crippen LogP contribution in [0.15, 0.2) is 48.5 Å². The lowest BCUT2D eigenvalue weighted by molar-refractivity contribution is 0.143. The summed E-state index contributed by atoms with van der Waals surface area (Å²) in [6, 6.07) is 13.8. The van der Waals surface area contributed by atoms with Crippen LogP contribution in [0.25, 0.3) is 0 Å². The van der Waals surface area contributed by atoms with Crippen LogP contribution in [0.1, 0.15) is 17.2 Å². The van der Waals surface area contributed by atoms with E-state index in [-0.39, 0.29) is 18.2 Å². The molecule has 0 saturated carbocycles. The molecule has 0 aliphatic heterocycles. The van der Waals surface area contributed by atoms with E-state index in [9.17, 15) is 10.2 Å². The molecular weight excluding hydrogens is 290 g/mol. The summed E-state index contributed by atoms with van der Waals surface area (Å²) in [5.74, 6) is 0.583. The van der Waals surface area contributed by atoms with Gasteiger partial charge in [0.25, 0.3) is 0 Å². The molecule has 0 fully saturated rings. The van der Waals surface area contributed by atoms with Gasteiger partial charge < -0.3 is 20.7 Å². The molecule has 0 amide bonds. The molecule has 0 aliphatic carbocycles. The van der Waals surface area contributed by atoms with Crippen molar-refractivity contribution < 1.29 is 14.9 Å². The summed E-state index contributed by atoms with van der Waals surface area (Å²) in [4.78, 5) is 0. The Kier molecular flexibility index (Phi) is 6.49. The van der Waals surface area contributed by atoms with E-state index in [0.717, 1.165) is 5.56 Å². The van der Waals surface area contributed by atoms with E-state index in [1.54, 1.807) is 12.1 Å². The Bertz CT molecular complexity index is 563. The van der Waals surface area contributed by atoms with Crippen LogP contribution in [0.5, 0.6) is 11.5 Å². The summed E-state index contributed by atoms with van der Waals surface area (Å²) in [7, 11) is 1.53. The van der Waals surface area contributed by atoms with Gasteiger partial charge in [-0.3, -0.25) is 0 Å². The van der Waals surface area contributed by atoms with Gasteiger partial charge in [0.2, 0.25) is 0 Å². The number of ether oxygens (including phenoxy) is 1. The van der Waals surface area contributed by atoms with E-state index in [4.69, 9.17) is 10.5 Å². The van der Waals surface area contributed by atoms with Crippen LogP contribution < -0.4 is 10.5 Å². The molecule has 0 aromatic heterocycles. The first-order valence-corrected chi connectivity index (χ1v) is 6.46. The molecule has 0 unspecified atom stereocenters. The minimum Gasteiger partial charge on any atom is -0.507 e. The van der Waals surface area contributed by atoms with Crippen molar-refractivity contribution in [3.05, 3.63) is 59.7 Å². The van der Waals surface area contributed by atoms with E-state index in [1.165, 1.54) is 13.2 Å². The van der Waals surface area contributed by atoms with Gasteiger partial charge in [-0.15, -0.1) is 12.4 Å². The summed E-state index contributed by atoms with van der Waals surface area (Å²) in [5, 5.41) is 20.1. The Labute approximate surface area is 130 Å². The number of hydrogen-bond acceptors (Lipinski definition) is 4. The van der Waals surface area contributed by atoms with Crippen LogP contribution in [0.3, 0.4) is 0 Å². The zero-order chi connectivity index (χ0) is 14.5. The van der Waals surface area contributed by atoms with Crippen molar-refractivity contribution in [2.75, 3.05) is 7.11 Å². The molecule has 21 heavy (non-hydrogen) atoms. The zero-order valence-corrected chi connectivity index (χ0v) is 12.6. The molecule has 5 heteroatoms. The van der Waals surface area contributed by atoms with Crippen molar-refractivity contribution >= 4 is 12.4 Å². The third-order valence-electron chi connectivity index (χ3n) is 3.30. The number of aromatic hydroxyl groups is 1. The number of hydrogen-bond donors (Lipinski definition) is 3. The predicted molar refractivity (Wildman–Crippen MR) is 85.0 cm³/mol. The number of methoxy groups -OCH3 is 1. The second kappa shape index (κ2) is 7.88. The Morgan fingerprint density at radius 3 is 2.38 bits per heavy atom. The highest BCUT2D eigenvalue weighted by Gasteiger charge is 2.20. The van der Waals surface area contributed by atoms with Crippen LogP contribution >= 0.6 is 12.4 Å². The van der Waals surface area contributed by atoms with Gasteiger partial charge >= 0.3 is 0 Å². The fraction of sp³-hybridized carbons (Fsp3) is 0.250. The number of halogens is 1. The Balaban J connectivity index is 0.00000220. The second-order valence-corrected chi connectivity index (χ2v) is 4.71. The zero-order valence-electron chi connectivity index (χ0n) is 11.8. The minimum atomic E-state index is -0.767. The summed E-state index contributed by atoms with van der Waals surface area (Å²) in [6.07, 6.45) is -0.329. The van der Waals surface area contributed by atoms with Crippen LogP contribution in [-0.4, -0.2) is 23.4 Å². The van der Waals surface area contributed by atoms with Crippen LogP contribution in [0.4, 0.5) is 0 Å². The number of phenols is 1. The number of benzene rings is 2. The number of nitrogens with two attached hydrogens (primary N) is 1. The molecule has 2 rings (SSSR count). The fourth-order valence-electron chi connectivity index (χ4n) is 2.12. The third kappa shape index (κ3) is 4.36. The molecule has 114 valence electrons. The van der Waals surface area contributed by atoms with E-state index in [0.29, 0.717) is 17.7 Å². The third-order valence-corrected chi connectivity index (χ3v) is 3.30. The van der Waals surface area contributed by atoms with Crippen molar-refractivity contribution in [2.24, 2.45) is 5.73 Å². The van der Waals surface area contributed by atoms with Crippen LogP contribution in [-0.2, 0) is 6.42 Å². The number of aliphatic hydroxyl groups is 1. The molecule has 0 spiro atoms. The number of aliphatic hydroxyl groups excluding tert-OH is 1. The van der Waals surface area contributed by atoms with Gasteiger partial charge in [0, 0.05) is 18.1 Å². The van der Waals surface area contributed by atoms with Crippen molar-refractivity contribution in [1.29, 1.82) is 0 Å². The fourth-order valence-corrected chi connectivity index (χ4v) is 2.12. The predicted octanol–water partition coefficient (Wildman–Crippen LogP) is 2.43. The van der Waals surface area contributed by atoms with Gasteiger partial charge in [-0.2, -0.15) is 0 Å². The highest BCUT2D eigenvalue weighted by molar-refractivity contribution is 5.85. The van der Waals surface area contributed by atoms with Gasteiger partial charge in [-0.25, -0.2) is 0 Å². The van der Waals surface area contributed by atoms with E-state index in [2.05, 4.69) is 0 Å². The van der Waals surface area contributed by atoms with Crippen molar-refractivity contribution in [1.82, 2.24) is 0 Å². The van der Waals surface area contributed by atoms with Gasteiger partial charge in [0.15, 0.2) is 0 Å². The molecule has 2 aromatic rings. The molecule has 0 saturated heterocycles. The van der Waals surface area contributed by atoms with Gasteiger partial charge in [0.1, 0.15) is 11.5 Å². The molecular formula is C16H20ClNO3. The van der Waals surface area contributed by atoms with E-state index in [1.807, 2.05) is 30.3 Å². The van der Waals surface area contributed by atoms with Gasteiger partial charge in [-0.05, 0) is 17.7 Å². The quantitative estimate of drug-likeness (QED) is 0.793. The number of rotatable bonds is 5. The van der Waals surface area contributed by atoms with Crippen molar-refractivity contribution in [3.63, 3.8) is 0 Å².